The van der Waals surface area contributed by atoms with Gasteiger partial charge in [-0.1, -0.05) is 162 Å². The summed E-state index contributed by atoms with van der Waals surface area (Å²) in [7, 11) is 0. The topological polar surface area (TPSA) is 379 Å². The molecule has 6 amide bonds. The number of unbranched alkanes of at least 4 members (excludes halogenated alkanes) is 3. The number of carbonyl (C=O) groups excluding carboxylic acids is 9. The maximum Gasteiger partial charge on any atom is 0.407 e. The molecule has 0 aliphatic heterocycles. The van der Waals surface area contributed by atoms with E-state index in [1.165, 1.54) is 0 Å². The van der Waals surface area contributed by atoms with Crippen LogP contribution in [0.5, 0.6) is 0 Å². The van der Waals surface area contributed by atoms with Gasteiger partial charge in [0, 0.05) is 113 Å². The molecule has 3 heterocycles. The highest BCUT2D eigenvalue weighted by atomic mass is 16.6. The summed E-state index contributed by atoms with van der Waals surface area (Å²) in [5, 5.41) is 19.6. The Hall–Kier alpha value is -13.3. The molecule has 0 aliphatic rings. The Morgan fingerprint density at radius 2 is 0.602 bits per heavy atom. The van der Waals surface area contributed by atoms with E-state index in [9.17, 15) is 43.2 Å². The van der Waals surface area contributed by atoms with Gasteiger partial charge in [-0.15, -0.1) is 0 Å². The normalized spacial score (nSPS) is 12.8. The second kappa shape index (κ2) is 39.4. The highest BCUT2D eigenvalue weighted by Gasteiger charge is 2.44. The van der Waals surface area contributed by atoms with Gasteiger partial charge >= 0.3 is 18.3 Å². The molecule has 12 rings (SSSR count). The van der Waals surface area contributed by atoms with Gasteiger partial charge in [0.25, 0.3) is 17.7 Å². The van der Waals surface area contributed by atoms with Crippen molar-refractivity contribution in [3.05, 3.63) is 304 Å². The van der Waals surface area contributed by atoms with Gasteiger partial charge in [0.1, 0.15) is 19.8 Å². The summed E-state index contributed by atoms with van der Waals surface area (Å²) in [5.41, 5.74) is 28.2. The standard InChI is InChI=1S/C94H100N12O12/c1-61-25-40-79-76(49-61)70(55-101-79)52-82(107)92(95,43-13-16-46-98-89(113)116-58-64-19-7-4-8-20-64)86(110)104-73-34-28-67(29-35-73)85(68-30-36-74(37-31-68)105-87(111)93(96,83(108)53-71-56-102-80-41-26-62(2)50-77(71)80)44-14-17-47-99-90(114)117-59-65-21-9-5-10-22-65)69-32-38-75(39-33-69)106-88(112)94(97,84(109)54-72-57-103-81-42-27-63(3)51-78(72)81)45-15-18-48-100-91(115)118-60-66-23-11-6-12-24-66/h4-12,19-42,49-51,55-57,85,101-103H,13-18,43-48,52-54,58-60,95-97H2,1-3H3,(H,98,113)(H,99,114)(H,100,115)(H,104,110)(H,105,111)(H,106,112)/t92-,93-,94-/m0/s1. The molecule has 24 nitrogen and oxygen atoms in total. The first-order valence-electron chi connectivity index (χ1n) is 39.7. The number of hydrogen-bond acceptors (Lipinski definition) is 15. The third-order valence-electron chi connectivity index (χ3n) is 21.5. The van der Waals surface area contributed by atoms with Crippen LogP contribution < -0.4 is 49.1 Å². The molecule has 608 valence electrons. The summed E-state index contributed by atoms with van der Waals surface area (Å²) < 4.78 is 16.2. The number of anilines is 3. The molecule has 0 saturated heterocycles. The zero-order valence-corrected chi connectivity index (χ0v) is 66.5. The molecule has 0 fully saturated rings. The van der Waals surface area contributed by atoms with Gasteiger partial charge in [0.15, 0.2) is 34.0 Å². The summed E-state index contributed by atoms with van der Waals surface area (Å²) in [6, 6.07) is 66.5. The summed E-state index contributed by atoms with van der Waals surface area (Å²) in [6.45, 7) is 6.69. The number of fused-ring (bicyclic) bond motifs is 3. The third kappa shape index (κ3) is 21.8. The molecule has 3 aromatic heterocycles. The lowest BCUT2D eigenvalue weighted by Crippen LogP contribution is -2.58. The number of carbonyl (C=O) groups is 9. The van der Waals surface area contributed by atoms with E-state index in [0.717, 1.165) is 66.1 Å². The molecule has 9 aromatic carbocycles. The van der Waals surface area contributed by atoms with E-state index in [0.29, 0.717) is 69.7 Å². The van der Waals surface area contributed by atoms with Crippen LogP contribution in [0.4, 0.5) is 31.4 Å². The summed E-state index contributed by atoms with van der Waals surface area (Å²) >= 11 is 0. The fourth-order valence-electron chi connectivity index (χ4n) is 14.5. The van der Waals surface area contributed by atoms with Crippen LogP contribution in [0, 0.1) is 20.8 Å². The number of Topliss-reactive ketones (excluding diaryl/α,β-unsaturated/α-hetero) is 3. The summed E-state index contributed by atoms with van der Waals surface area (Å²) in [4.78, 5) is 137. The van der Waals surface area contributed by atoms with Crippen LogP contribution in [0.3, 0.4) is 0 Å². The minimum atomic E-state index is -2.03. The highest BCUT2D eigenvalue weighted by Crippen LogP contribution is 2.36. The minimum absolute atomic E-state index is 0.0614. The van der Waals surface area contributed by atoms with Gasteiger partial charge in [0.05, 0.1) is 0 Å². The Morgan fingerprint density at radius 3 is 0.864 bits per heavy atom. The van der Waals surface area contributed by atoms with Crippen LogP contribution in [0.2, 0.25) is 0 Å². The van der Waals surface area contributed by atoms with Crippen LogP contribution in [0.25, 0.3) is 32.7 Å². The van der Waals surface area contributed by atoms with Gasteiger partial charge in [-0.2, -0.15) is 0 Å². The van der Waals surface area contributed by atoms with E-state index >= 15 is 0 Å². The van der Waals surface area contributed by atoms with E-state index in [2.05, 4.69) is 46.9 Å². The fraction of sp³-hybridized carbons (Fsp3) is 0.266. The number of rotatable bonds is 39. The average Bonchev–Trinajstić information content (AvgIpc) is 1.74. The molecule has 0 spiro atoms. The van der Waals surface area contributed by atoms with E-state index in [1.54, 1.807) is 55.0 Å². The Bertz CT molecular complexity index is 4980. The van der Waals surface area contributed by atoms with Crippen molar-refractivity contribution < 1.29 is 57.4 Å². The van der Waals surface area contributed by atoms with Crippen molar-refractivity contribution in [1.29, 1.82) is 0 Å². The first kappa shape index (κ1) is 84.1. The van der Waals surface area contributed by atoms with Crippen molar-refractivity contribution >= 4 is 103 Å². The van der Waals surface area contributed by atoms with Crippen LogP contribution in [-0.4, -0.2) is 105 Å². The zero-order chi connectivity index (χ0) is 83.2. The van der Waals surface area contributed by atoms with Crippen LogP contribution in [0.15, 0.2) is 237 Å². The molecule has 0 bridgehead atoms. The fourth-order valence-corrected chi connectivity index (χ4v) is 14.5. The van der Waals surface area contributed by atoms with Crippen molar-refractivity contribution in [2.45, 2.75) is 140 Å². The van der Waals surface area contributed by atoms with Gasteiger partial charge in [0.2, 0.25) is 0 Å². The average molecular weight is 1590 g/mol. The molecule has 0 radical (unpaired) electrons. The predicted octanol–water partition coefficient (Wildman–Crippen LogP) is 14.9. The first-order valence-corrected chi connectivity index (χ1v) is 39.7. The van der Waals surface area contributed by atoms with Crippen molar-refractivity contribution in [3.8, 4) is 0 Å². The number of ketones is 3. The number of aryl methyl sites for hydroxylation is 3. The van der Waals surface area contributed by atoms with Gasteiger partial charge < -0.3 is 78.3 Å². The summed E-state index contributed by atoms with van der Waals surface area (Å²) in [6.07, 6.45) is 4.72. The number of aromatic amines is 3. The number of hydrogen-bond donors (Lipinski definition) is 12. The molecule has 118 heavy (non-hydrogen) atoms. The molecule has 12 aromatic rings. The molecular formula is C94H100N12O12. The summed E-state index contributed by atoms with van der Waals surface area (Å²) in [5.74, 6) is -4.36. The Labute approximate surface area is 684 Å². The lowest BCUT2D eigenvalue weighted by molar-refractivity contribution is -0.134. The Balaban J connectivity index is 0.796. The molecule has 15 N–H and O–H groups in total. The number of nitrogens with one attached hydrogen (secondary N) is 9. The van der Waals surface area contributed by atoms with E-state index < -0.39 is 75.9 Å². The second-order valence-electron chi connectivity index (χ2n) is 30.3. The Morgan fingerprint density at radius 1 is 0.339 bits per heavy atom. The zero-order valence-electron chi connectivity index (χ0n) is 66.5. The molecule has 0 saturated carbocycles. The molecule has 0 aliphatic carbocycles. The van der Waals surface area contributed by atoms with Crippen LogP contribution >= 0.6 is 0 Å². The Kier molecular flexibility index (Phi) is 28.1. The number of amides is 6. The number of ether oxygens (including phenoxy) is 3. The van der Waals surface area contributed by atoms with Crippen molar-refractivity contribution in [1.82, 2.24) is 30.9 Å². The number of nitrogens with two attached hydrogens (primary N) is 3. The quantitative estimate of drug-likeness (QED) is 0.00737. The SMILES string of the molecule is Cc1ccc2[nH]cc(CC(=O)[C@@](N)(CCCCNC(=O)OCc3ccccc3)C(=O)Nc3ccc(C(c4ccc(NC(=O)[C@](N)(CCCCNC(=O)OCc5ccccc5)C(=O)Cc5c[nH]c6ccc(C)cc56)cc4)c4ccc(NC(=O)[C@](N)(CCCCNC(=O)OCc5ccccc5)C(=O)Cc5c[nH]c6ccc(C)cc56)cc4)cc3)c2c1. The molecule has 24 heteroatoms. The first-order chi connectivity index (χ1) is 57.0. The van der Waals surface area contributed by atoms with Crippen molar-refractivity contribution in [2.24, 2.45) is 17.2 Å². The molecule has 0 unspecified atom stereocenters. The maximum absolute atomic E-state index is 14.9. The lowest BCUT2D eigenvalue weighted by atomic mass is 9.83. The van der Waals surface area contributed by atoms with Crippen molar-refractivity contribution in [2.75, 3.05) is 35.6 Å². The van der Waals surface area contributed by atoms with E-state index in [1.807, 2.05) is 203 Å². The third-order valence-corrected chi connectivity index (χ3v) is 21.5. The number of aromatic nitrogens is 3. The molecule has 3 atom stereocenters. The van der Waals surface area contributed by atoms with Crippen molar-refractivity contribution in [3.63, 3.8) is 0 Å². The largest absolute Gasteiger partial charge is 0.445 e. The second-order valence-corrected chi connectivity index (χ2v) is 30.3. The smallest absolute Gasteiger partial charge is 0.407 e. The predicted molar refractivity (Wildman–Crippen MR) is 458 cm³/mol. The van der Waals surface area contributed by atoms with E-state index in [-0.39, 0.29) is 97.2 Å². The lowest BCUT2D eigenvalue weighted by Gasteiger charge is -2.28. The van der Waals surface area contributed by atoms with Gasteiger partial charge in [-0.25, -0.2) is 14.4 Å². The van der Waals surface area contributed by atoms with Crippen LogP contribution in [0.1, 0.15) is 130 Å². The number of benzene rings is 9. The minimum Gasteiger partial charge on any atom is -0.445 e. The van der Waals surface area contributed by atoms with Gasteiger partial charge in [-0.05, 0) is 201 Å². The molecular weight excluding hydrogens is 1490 g/mol. The van der Waals surface area contributed by atoms with Gasteiger partial charge in [-0.3, -0.25) is 28.8 Å². The van der Waals surface area contributed by atoms with Crippen LogP contribution in [-0.2, 0) is 82.1 Å². The number of alkyl carbamates (subject to hydrolysis) is 3. The number of H-pyrrole nitrogens is 3. The highest BCUT2D eigenvalue weighted by molar-refractivity contribution is 6.18. The monoisotopic (exact) mass is 1590 g/mol. The maximum atomic E-state index is 14.9. The van der Waals surface area contributed by atoms with E-state index in [4.69, 9.17) is 31.4 Å².